The minimum atomic E-state index is -1.15. The topological polar surface area (TPSA) is 95.9 Å². The maximum Gasteiger partial charge on any atom is 0.346 e. The molecule has 0 spiro atoms. The van der Waals surface area contributed by atoms with E-state index in [1.165, 1.54) is 24.3 Å². The van der Waals surface area contributed by atoms with E-state index in [1.54, 1.807) is 25.1 Å². The Bertz CT molecular complexity index is 1160. The second kappa shape index (κ2) is 7.79. The van der Waals surface area contributed by atoms with Gasteiger partial charge in [0.2, 0.25) is 5.91 Å². The van der Waals surface area contributed by atoms with Crippen molar-refractivity contribution in [1.29, 1.82) is 0 Å². The molecule has 0 bridgehead atoms. The number of aromatic carboxylic acids is 1. The van der Waals surface area contributed by atoms with E-state index in [9.17, 15) is 24.2 Å². The molecule has 1 atom stereocenters. The lowest BCUT2D eigenvalue weighted by Gasteiger charge is -2.24. The number of aromatic hydroxyl groups is 1. The smallest absolute Gasteiger partial charge is 0.346 e. The standard InChI is InChI=1S/C22H18FNO5S/c1-2-29-16-9-11(6-7-15(16)25)14-10-17(26)24-19-18(12-4-3-5-13(23)8-12)21(22(27)28)30-20(14)19/h3-9,14,25H,2,10H2,1H3,(H,24,26)(H,27,28). The summed E-state index contributed by atoms with van der Waals surface area (Å²) in [6.45, 7) is 2.15. The molecule has 154 valence electrons. The molecule has 1 amide bonds. The van der Waals surface area contributed by atoms with E-state index >= 15 is 0 Å². The summed E-state index contributed by atoms with van der Waals surface area (Å²) < 4.78 is 19.3. The second-order valence-corrected chi connectivity index (χ2v) is 7.88. The number of phenolic OH excluding ortho intramolecular Hbond substituents is 1. The molecular weight excluding hydrogens is 409 g/mol. The van der Waals surface area contributed by atoms with E-state index in [0.29, 0.717) is 34.0 Å². The summed E-state index contributed by atoms with van der Waals surface area (Å²) in [5, 5.41) is 22.5. The van der Waals surface area contributed by atoms with Gasteiger partial charge in [0.1, 0.15) is 10.7 Å². The highest BCUT2D eigenvalue weighted by atomic mass is 32.1. The molecule has 1 aliphatic rings. The van der Waals surface area contributed by atoms with Crippen LogP contribution in [-0.4, -0.2) is 28.7 Å². The number of fused-ring (bicyclic) bond motifs is 1. The van der Waals surface area contributed by atoms with Crippen LogP contribution in [0.25, 0.3) is 11.1 Å². The summed E-state index contributed by atoms with van der Waals surface area (Å²) in [4.78, 5) is 25.2. The van der Waals surface area contributed by atoms with Gasteiger partial charge in [0.05, 0.1) is 12.3 Å². The van der Waals surface area contributed by atoms with E-state index in [0.717, 1.165) is 16.9 Å². The average Bonchev–Trinajstić information content (AvgIpc) is 3.09. The zero-order chi connectivity index (χ0) is 21.4. The van der Waals surface area contributed by atoms with Crippen molar-refractivity contribution in [3.05, 3.63) is 63.6 Å². The maximum absolute atomic E-state index is 13.8. The lowest BCUT2D eigenvalue weighted by Crippen LogP contribution is -2.22. The molecule has 0 aliphatic carbocycles. The van der Waals surface area contributed by atoms with Gasteiger partial charge in [-0.3, -0.25) is 4.79 Å². The average molecular weight is 427 g/mol. The van der Waals surface area contributed by atoms with Crippen LogP contribution in [0, 0.1) is 5.82 Å². The molecule has 8 heteroatoms. The number of nitrogens with one attached hydrogen (secondary N) is 1. The number of hydrogen-bond acceptors (Lipinski definition) is 5. The Morgan fingerprint density at radius 1 is 1.30 bits per heavy atom. The summed E-state index contributed by atoms with van der Waals surface area (Å²) >= 11 is 1.06. The maximum atomic E-state index is 13.8. The van der Waals surface area contributed by atoms with Gasteiger partial charge in [-0.05, 0) is 42.3 Å². The summed E-state index contributed by atoms with van der Waals surface area (Å²) in [6, 6.07) is 10.5. The minimum Gasteiger partial charge on any atom is -0.504 e. The third kappa shape index (κ3) is 3.50. The Morgan fingerprint density at radius 2 is 2.10 bits per heavy atom. The van der Waals surface area contributed by atoms with Crippen molar-refractivity contribution in [2.75, 3.05) is 11.9 Å². The molecule has 4 rings (SSSR count). The fourth-order valence-corrected chi connectivity index (χ4v) is 4.89. The Labute approximate surface area is 175 Å². The van der Waals surface area contributed by atoms with E-state index in [1.807, 2.05) is 0 Å². The molecule has 6 nitrogen and oxygen atoms in total. The fourth-order valence-electron chi connectivity index (χ4n) is 3.64. The van der Waals surface area contributed by atoms with Crippen LogP contribution in [0.4, 0.5) is 10.1 Å². The normalized spacial score (nSPS) is 15.4. The minimum absolute atomic E-state index is 0.0149. The van der Waals surface area contributed by atoms with Crippen LogP contribution in [0.1, 0.15) is 39.4 Å². The predicted molar refractivity (Wildman–Crippen MR) is 111 cm³/mol. The van der Waals surface area contributed by atoms with Gasteiger partial charge in [-0.2, -0.15) is 0 Å². The van der Waals surface area contributed by atoms with Crippen LogP contribution in [0.2, 0.25) is 0 Å². The Kier molecular flexibility index (Phi) is 5.17. The SMILES string of the molecule is CCOc1cc(C2CC(=O)Nc3c2sc(C(=O)O)c3-c2cccc(F)c2)ccc1O. The molecular formula is C22H18FNO5S. The molecule has 2 aromatic carbocycles. The number of anilines is 1. The molecule has 0 fully saturated rings. The lowest BCUT2D eigenvalue weighted by atomic mass is 9.88. The lowest BCUT2D eigenvalue weighted by molar-refractivity contribution is -0.116. The first-order chi connectivity index (χ1) is 14.4. The Balaban J connectivity index is 1.90. The largest absolute Gasteiger partial charge is 0.504 e. The second-order valence-electron chi connectivity index (χ2n) is 6.83. The number of phenols is 1. The number of carboxylic acid groups (broad SMARTS) is 1. The van der Waals surface area contributed by atoms with E-state index in [4.69, 9.17) is 4.74 Å². The number of carbonyl (C=O) groups excluding carboxylic acids is 1. The van der Waals surface area contributed by atoms with Crippen LogP contribution in [0.5, 0.6) is 11.5 Å². The van der Waals surface area contributed by atoms with Gasteiger partial charge in [0.25, 0.3) is 0 Å². The van der Waals surface area contributed by atoms with Crippen molar-refractivity contribution in [2.24, 2.45) is 0 Å². The molecule has 3 aromatic rings. The highest BCUT2D eigenvalue weighted by Crippen LogP contribution is 2.50. The number of benzene rings is 2. The summed E-state index contributed by atoms with van der Waals surface area (Å²) in [5.74, 6) is -2.06. The Hall–Kier alpha value is -3.39. The van der Waals surface area contributed by atoms with Crippen LogP contribution in [0.3, 0.4) is 0 Å². The van der Waals surface area contributed by atoms with Crippen molar-refractivity contribution < 1.29 is 28.9 Å². The first-order valence-electron chi connectivity index (χ1n) is 9.30. The van der Waals surface area contributed by atoms with Gasteiger partial charge in [0.15, 0.2) is 11.5 Å². The van der Waals surface area contributed by atoms with Crippen molar-refractivity contribution >= 4 is 28.9 Å². The van der Waals surface area contributed by atoms with Gasteiger partial charge in [-0.1, -0.05) is 18.2 Å². The molecule has 2 heterocycles. The number of carbonyl (C=O) groups is 2. The number of ether oxygens (including phenoxy) is 1. The fraction of sp³-hybridized carbons (Fsp3) is 0.182. The van der Waals surface area contributed by atoms with Crippen LogP contribution >= 0.6 is 11.3 Å². The van der Waals surface area contributed by atoms with E-state index in [2.05, 4.69) is 5.32 Å². The van der Waals surface area contributed by atoms with Gasteiger partial charge in [-0.25, -0.2) is 9.18 Å². The van der Waals surface area contributed by atoms with E-state index in [-0.39, 0.29) is 23.0 Å². The quantitative estimate of drug-likeness (QED) is 0.542. The highest BCUT2D eigenvalue weighted by molar-refractivity contribution is 7.15. The first-order valence-corrected chi connectivity index (χ1v) is 10.1. The highest BCUT2D eigenvalue weighted by Gasteiger charge is 2.34. The van der Waals surface area contributed by atoms with Crippen molar-refractivity contribution in [3.63, 3.8) is 0 Å². The van der Waals surface area contributed by atoms with Gasteiger partial charge >= 0.3 is 5.97 Å². The van der Waals surface area contributed by atoms with E-state index < -0.39 is 17.7 Å². The number of thiophene rings is 1. The zero-order valence-electron chi connectivity index (χ0n) is 15.9. The number of hydrogen-bond donors (Lipinski definition) is 3. The van der Waals surface area contributed by atoms with Crippen LogP contribution < -0.4 is 10.1 Å². The molecule has 1 aliphatic heterocycles. The number of rotatable bonds is 5. The summed E-state index contributed by atoms with van der Waals surface area (Å²) in [5.41, 5.74) is 1.78. The van der Waals surface area contributed by atoms with Crippen LogP contribution in [0.15, 0.2) is 42.5 Å². The van der Waals surface area contributed by atoms with Crippen molar-refractivity contribution in [2.45, 2.75) is 19.3 Å². The number of amides is 1. The van der Waals surface area contributed by atoms with Crippen molar-refractivity contribution in [3.8, 4) is 22.6 Å². The number of halogens is 1. The third-order valence-electron chi connectivity index (χ3n) is 4.90. The summed E-state index contributed by atoms with van der Waals surface area (Å²) in [6.07, 6.45) is 0.117. The molecule has 30 heavy (non-hydrogen) atoms. The Morgan fingerprint density at radius 3 is 2.80 bits per heavy atom. The molecule has 0 saturated heterocycles. The monoisotopic (exact) mass is 427 g/mol. The van der Waals surface area contributed by atoms with Gasteiger partial charge in [0, 0.05) is 22.8 Å². The predicted octanol–water partition coefficient (Wildman–Crippen LogP) is 4.83. The van der Waals surface area contributed by atoms with Gasteiger partial charge < -0.3 is 20.3 Å². The zero-order valence-corrected chi connectivity index (χ0v) is 16.8. The molecule has 1 unspecified atom stereocenters. The summed E-state index contributed by atoms with van der Waals surface area (Å²) in [7, 11) is 0. The van der Waals surface area contributed by atoms with Gasteiger partial charge in [-0.15, -0.1) is 11.3 Å². The molecule has 0 radical (unpaired) electrons. The molecule has 3 N–H and O–H groups in total. The molecule has 0 saturated carbocycles. The first kappa shape index (κ1) is 19.9. The van der Waals surface area contributed by atoms with Crippen LogP contribution in [-0.2, 0) is 4.79 Å². The third-order valence-corrected chi connectivity index (χ3v) is 6.19. The number of carboxylic acids is 1. The molecule has 1 aromatic heterocycles. The van der Waals surface area contributed by atoms with Crippen molar-refractivity contribution in [1.82, 2.24) is 0 Å².